The van der Waals surface area contributed by atoms with Crippen LogP contribution in [0.5, 0.6) is 0 Å². The quantitative estimate of drug-likeness (QED) is 0.710. The Hall–Kier alpha value is -1.14. The standard InChI is InChI=1S/C14H26N2O4/c1-6-14(3,4)15-12(18)9(2)16-8-10(17)7-11(16)13(19)20-5/h9-11,17H,6-8H2,1-5H3,(H,15,18). The van der Waals surface area contributed by atoms with Gasteiger partial charge < -0.3 is 15.2 Å². The smallest absolute Gasteiger partial charge is 0.323 e. The molecule has 0 spiro atoms. The Morgan fingerprint density at radius 1 is 1.50 bits per heavy atom. The molecule has 0 aromatic heterocycles. The Morgan fingerprint density at radius 2 is 2.10 bits per heavy atom. The molecule has 6 nitrogen and oxygen atoms in total. The van der Waals surface area contributed by atoms with Crippen molar-refractivity contribution < 1.29 is 19.4 Å². The lowest BCUT2D eigenvalue weighted by Gasteiger charge is -2.32. The van der Waals surface area contributed by atoms with Crippen molar-refractivity contribution in [1.29, 1.82) is 0 Å². The molecule has 0 bridgehead atoms. The lowest BCUT2D eigenvalue weighted by molar-refractivity contribution is -0.147. The third kappa shape index (κ3) is 3.93. The SMILES string of the molecule is CCC(C)(C)NC(=O)C(C)N1CC(O)CC1C(=O)OC. The van der Waals surface area contributed by atoms with Crippen LogP contribution in [-0.4, -0.2) is 59.3 Å². The number of carbonyl (C=O) groups excluding carboxylic acids is 2. The average molecular weight is 286 g/mol. The topological polar surface area (TPSA) is 78.9 Å². The predicted octanol–water partition coefficient (Wildman–Crippen LogP) is 0.288. The predicted molar refractivity (Wildman–Crippen MR) is 75.1 cm³/mol. The van der Waals surface area contributed by atoms with Crippen molar-refractivity contribution in [2.24, 2.45) is 0 Å². The third-order valence-electron chi connectivity index (χ3n) is 4.01. The van der Waals surface area contributed by atoms with Gasteiger partial charge in [0.25, 0.3) is 0 Å². The lowest BCUT2D eigenvalue weighted by Crippen LogP contribution is -2.54. The summed E-state index contributed by atoms with van der Waals surface area (Å²) in [6.45, 7) is 7.96. The number of rotatable bonds is 5. The Labute approximate surface area is 120 Å². The van der Waals surface area contributed by atoms with Gasteiger partial charge in [-0.05, 0) is 27.2 Å². The highest BCUT2D eigenvalue weighted by atomic mass is 16.5. The first-order valence-electron chi connectivity index (χ1n) is 7.05. The van der Waals surface area contributed by atoms with Crippen LogP contribution in [0.2, 0.25) is 0 Å². The van der Waals surface area contributed by atoms with Gasteiger partial charge in [0.05, 0.1) is 19.3 Å². The molecular weight excluding hydrogens is 260 g/mol. The maximum Gasteiger partial charge on any atom is 0.323 e. The van der Waals surface area contributed by atoms with Crippen molar-refractivity contribution in [2.45, 2.75) is 64.3 Å². The molecule has 1 saturated heterocycles. The van der Waals surface area contributed by atoms with E-state index in [2.05, 4.69) is 5.32 Å². The van der Waals surface area contributed by atoms with Gasteiger partial charge >= 0.3 is 5.97 Å². The number of β-amino-alcohol motifs (C(OH)–C–C–N with tert-alkyl or cyclic N) is 1. The molecule has 2 N–H and O–H groups in total. The minimum absolute atomic E-state index is 0.139. The fourth-order valence-electron chi connectivity index (χ4n) is 2.31. The van der Waals surface area contributed by atoms with Gasteiger partial charge in [-0.1, -0.05) is 6.92 Å². The number of nitrogens with one attached hydrogen (secondary N) is 1. The molecular formula is C14H26N2O4. The molecule has 0 aliphatic carbocycles. The maximum absolute atomic E-state index is 12.3. The Morgan fingerprint density at radius 3 is 2.60 bits per heavy atom. The highest BCUT2D eigenvalue weighted by Crippen LogP contribution is 2.22. The summed E-state index contributed by atoms with van der Waals surface area (Å²) in [5, 5.41) is 12.7. The van der Waals surface area contributed by atoms with Crippen molar-refractivity contribution in [3.63, 3.8) is 0 Å². The van der Waals surface area contributed by atoms with Crippen molar-refractivity contribution in [2.75, 3.05) is 13.7 Å². The summed E-state index contributed by atoms with van der Waals surface area (Å²) in [5.74, 6) is -0.546. The number of likely N-dealkylation sites (tertiary alicyclic amines) is 1. The molecule has 6 heteroatoms. The molecule has 1 aliphatic heterocycles. The first-order chi connectivity index (χ1) is 9.21. The van der Waals surface area contributed by atoms with Gasteiger partial charge in [-0.2, -0.15) is 0 Å². The summed E-state index contributed by atoms with van der Waals surface area (Å²) in [7, 11) is 1.32. The van der Waals surface area contributed by atoms with Crippen LogP contribution in [0.3, 0.4) is 0 Å². The number of carbonyl (C=O) groups is 2. The first kappa shape index (κ1) is 16.9. The molecule has 1 amide bonds. The lowest BCUT2D eigenvalue weighted by atomic mass is 10.0. The second-order valence-electron chi connectivity index (χ2n) is 6.03. The number of hydrogen-bond acceptors (Lipinski definition) is 5. The second kappa shape index (κ2) is 6.54. The van der Waals surface area contributed by atoms with Gasteiger partial charge in [0.1, 0.15) is 6.04 Å². The summed E-state index contributed by atoms with van der Waals surface area (Å²) in [5.41, 5.74) is -0.287. The molecule has 0 radical (unpaired) electrons. The maximum atomic E-state index is 12.3. The summed E-state index contributed by atoms with van der Waals surface area (Å²) >= 11 is 0. The number of hydrogen-bond donors (Lipinski definition) is 2. The van der Waals surface area contributed by atoms with Crippen LogP contribution in [0, 0.1) is 0 Å². The van der Waals surface area contributed by atoms with Crippen LogP contribution in [0.1, 0.15) is 40.5 Å². The summed E-state index contributed by atoms with van der Waals surface area (Å²) in [4.78, 5) is 25.7. The second-order valence-corrected chi connectivity index (χ2v) is 6.03. The van der Waals surface area contributed by atoms with Gasteiger partial charge in [0.15, 0.2) is 0 Å². The van der Waals surface area contributed by atoms with E-state index in [1.165, 1.54) is 7.11 Å². The van der Waals surface area contributed by atoms with Crippen molar-refractivity contribution in [3.8, 4) is 0 Å². The number of ether oxygens (including phenoxy) is 1. The van der Waals surface area contributed by atoms with Gasteiger partial charge in [-0.25, -0.2) is 0 Å². The Bertz CT molecular complexity index is 370. The molecule has 0 aromatic rings. The molecule has 3 unspecified atom stereocenters. The molecule has 3 atom stereocenters. The zero-order valence-electron chi connectivity index (χ0n) is 13.0. The van der Waals surface area contributed by atoms with Crippen molar-refractivity contribution >= 4 is 11.9 Å². The monoisotopic (exact) mass is 286 g/mol. The van der Waals surface area contributed by atoms with Crippen LogP contribution >= 0.6 is 0 Å². The Kier molecular flexibility index (Phi) is 5.53. The number of amides is 1. The fourth-order valence-corrected chi connectivity index (χ4v) is 2.31. The number of methoxy groups -OCH3 is 1. The molecule has 116 valence electrons. The van der Waals surface area contributed by atoms with Crippen LogP contribution in [0.15, 0.2) is 0 Å². The number of nitrogens with zero attached hydrogens (tertiary/aromatic N) is 1. The fraction of sp³-hybridized carbons (Fsp3) is 0.857. The summed E-state index contributed by atoms with van der Waals surface area (Å²) in [6, 6.07) is -1.04. The van der Waals surface area contributed by atoms with E-state index in [0.29, 0.717) is 13.0 Å². The average Bonchev–Trinajstić information content (AvgIpc) is 2.78. The molecule has 1 fully saturated rings. The van der Waals surface area contributed by atoms with Gasteiger partial charge in [-0.3, -0.25) is 14.5 Å². The Balaban J connectivity index is 2.76. The minimum Gasteiger partial charge on any atom is -0.468 e. The molecule has 0 saturated carbocycles. The summed E-state index contributed by atoms with van der Waals surface area (Å²) in [6.07, 6.45) is 0.518. The zero-order chi connectivity index (χ0) is 15.5. The normalized spacial score (nSPS) is 25.3. The van der Waals surface area contributed by atoms with E-state index in [9.17, 15) is 14.7 Å². The van der Waals surface area contributed by atoms with E-state index in [1.54, 1.807) is 11.8 Å². The van der Waals surface area contributed by atoms with E-state index in [-0.39, 0.29) is 11.4 Å². The van der Waals surface area contributed by atoms with Crippen LogP contribution < -0.4 is 5.32 Å². The van der Waals surface area contributed by atoms with Crippen molar-refractivity contribution in [3.05, 3.63) is 0 Å². The number of esters is 1. The third-order valence-corrected chi connectivity index (χ3v) is 4.01. The van der Waals surface area contributed by atoms with E-state index in [0.717, 1.165) is 6.42 Å². The summed E-state index contributed by atoms with van der Waals surface area (Å²) < 4.78 is 4.74. The van der Waals surface area contributed by atoms with E-state index >= 15 is 0 Å². The van der Waals surface area contributed by atoms with E-state index < -0.39 is 24.2 Å². The van der Waals surface area contributed by atoms with E-state index in [1.807, 2.05) is 20.8 Å². The van der Waals surface area contributed by atoms with Crippen molar-refractivity contribution in [1.82, 2.24) is 10.2 Å². The largest absolute Gasteiger partial charge is 0.468 e. The highest BCUT2D eigenvalue weighted by molar-refractivity contribution is 5.84. The van der Waals surface area contributed by atoms with Crippen LogP contribution in [0.4, 0.5) is 0 Å². The molecule has 1 aliphatic rings. The van der Waals surface area contributed by atoms with Crippen LogP contribution in [0.25, 0.3) is 0 Å². The number of aliphatic hydroxyl groups is 1. The highest BCUT2D eigenvalue weighted by Gasteiger charge is 2.41. The zero-order valence-corrected chi connectivity index (χ0v) is 13.0. The molecule has 1 heterocycles. The van der Waals surface area contributed by atoms with E-state index in [4.69, 9.17) is 4.74 Å². The molecule has 0 aromatic carbocycles. The molecule has 20 heavy (non-hydrogen) atoms. The van der Waals surface area contributed by atoms with Gasteiger partial charge in [0, 0.05) is 18.5 Å². The number of aliphatic hydroxyl groups excluding tert-OH is 1. The molecule has 1 rings (SSSR count). The van der Waals surface area contributed by atoms with Gasteiger partial charge in [0.2, 0.25) is 5.91 Å². The minimum atomic E-state index is -0.603. The van der Waals surface area contributed by atoms with Crippen LogP contribution in [-0.2, 0) is 14.3 Å². The van der Waals surface area contributed by atoms with Gasteiger partial charge in [-0.15, -0.1) is 0 Å². The first-order valence-corrected chi connectivity index (χ1v) is 7.05.